The molecule has 0 radical (unpaired) electrons. The van der Waals surface area contributed by atoms with E-state index in [4.69, 9.17) is 20.3 Å². The zero-order valence-corrected chi connectivity index (χ0v) is 10.5. The van der Waals surface area contributed by atoms with Gasteiger partial charge in [-0.2, -0.15) is 0 Å². The number of amides is 1. The van der Waals surface area contributed by atoms with E-state index >= 15 is 0 Å². The molecule has 98 valence electrons. The zero-order chi connectivity index (χ0) is 13.5. The molecule has 0 unspecified atom stereocenters. The number of nitrogens with two attached hydrogens (primary N) is 1. The average molecular weight is 251 g/mol. The third-order valence-electron chi connectivity index (χ3n) is 2.39. The first-order valence-corrected chi connectivity index (χ1v) is 5.43. The second-order valence-electron chi connectivity index (χ2n) is 3.64. The van der Waals surface area contributed by atoms with E-state index in [1.54, 1.807) is 24.3 Å². The van der Waals surface area contributed by atoms with Crippen molar-refractivity contribution in [1.82, 2.24) is 0 Å². The number of methoxy groups -OCH3 is 2. The van der Waals surface area contributed by atoms with Crippen LogP contribution in [0.3, 0.4) is 0 Å². The van der Waals surface area contributed by atoms with Crippen molar-refractivity contribution in [1.29, 1.82) is 0 Å². The Morgan fingerprint density at radius 1 is 1.33 bits per heavy atom. The number of benzene rings is 1. The highest BCUT2D eigenvalue weighted by molar-refractivity contribution is 5.77. The molecule has 0 heterocycles. The van der Waals surface area contributed by atoms with Gasteiger partial charge in [0.1, 0.15) is 11.5 Å². The van der Waals surface area contributed by atoms with E-state index in [1.165, 1.54) is 14.2 Å². The molecule has 0 fully saturated rings. The second kappa shape index (κ2) is 6.66. The summed E-state index contributed by atoms with van der Waals surface area (Å²) in [5.74, 6) is 0.731. The maximum atomic E-state index is 10.7. The number of ether oxygens (including phenoxy) is 2. The standard InChI is InChI=1S/C13H17NO4/c1-17-11-6-9(8-15)7-12(18-2)10(11)4-3-5-13(14)16/h3-4,6-7,15H,5,8H2,1-2H3,(H2,14,16). The summed E-state index contributed by atoms with van der Waals surface area (Å²) in [5, 5.41) is 9.13. The predicted octanol–water partition coefficient (Wildman–Crippen LogP) is 1.08. The molecule has 1 rings (SSSR count). The van der Waals surface area contributed by atoms with Gasteiger partial charge in [0.05, 0.1) is 26.4 Å². The van der Waals surface area contributed by atoms with Crippen LogP contribution in [0.5, 0.6) is 11.5 Å². The fourth-order valence-corrected chi connectivity index (χ4v) is 1.54. The first-order valence-electron chi connectivity index (χ1n) is 5.43. The fraction of sp³-hybridized carbons (Fsp3) is 0.308. The molecule has 1 aromatic carbocycles. The first-order chi connectivity index (χ1) is 8.62. The fourth-order valence-electron chi connectivity index (χ4n) is 1.54. The summed E-state index contributed by atoms with van der Waals surface area (Å²) in [4.78, 5) is 10.7. The van der Waals surface area contributed by atoms with Crippen molar-refractivity contribution in [3.8, 4) is 11.5 Å². The minimum Gasteiger partial charge on any atom is -0.496 e. The van der Waals surface area contributed by atoms with Crippen LogP contribution in [0, 0.1) is 0 Å². The highest BCUT2D eigenvalue weighted by Gasteiger charge is 2.09. The van der Waals surface area contributed by atoms with Gasteiger partial charge in [-0.25, -0.2) is 0 Å². The molecule has 0 saturated carbocycles. The summed E-state index contributed by atoms with van der Waals surface area (Å²) in [6.07, 6.45) is 3.50. The third-order valence-corrected chi connectivity index (χ3v) is 2.39. The normalized spacial score (nSPS) is 10.6. The smallest absolute Gasteiger partial charge is 0.221 e. The number of aliphatic hydroxyl groups is 1. The summed E-state index contributed by atoms with van der Waals surface area (Å²) in [6.45, 7) is -0.0992. The van der Waals surface area contributed by atoms with Gasteiger partial charge in [0.2, 0.25) is 5.91 Å². The van der Waals surface area contributed by atoms with Crippen LogP contribution in [0.2, 0.25) is 0 Å². The Balaban J connectivity index is 3.14. The van der Waals surface area contributed by atoms with E-state index in [1.807, 2.05) is 0 Å². The van der Waals surface area contributed by atoms with Crippen molar-refractivity contribution >= 4 is 12.0 Å². The SMILES string of the molecule is COc1cc(CO)cc(OC)c1C=CCC(N)=O. The number of aliphatic hydroxyl groups excluding tert-OH is 1. The summed E-state index contributed by atoms with van der Waals surface area (Å²) >= 11 is 0. The Kier molecular flexibility index (Phi) is 5.20. The highest BCUT2D eigenvalue weighted by atomic mass is 16.5. The lowest BCUT2D eigenvalue weighted by Gasteiger charge is -2.12. The molecule has 3 N–H and O–H groups in total. The maximum absolute atomic E-state index is 10.7. The van der Waals surface area contributed by atoms with Crippen LogP contribution in [-0.2, 0) is 11.4 Å². The van der Waals surface area contributed by atoms with Gasteiger partial charge in [-0.15, -0.1) is 0 Å². The Bertz CT molecular complexity index is 429. The zero-order valence-electron chi connectivity index (χ0n) is 10.5. The molecular formula is C13H17NO4. The monoisotopic (exact) mass is 251 g/mol. The first kappa shape index (κ1) is 14.1. The van der Waals surface area contributed by atoms with Crippen molar-refractivity contribution in [3.05, 3.63) is 29.3 Å². The van der Waals surface area contributed by atoms with Crippen LogP contribution in [-0.4, -0.2) is 25.2 Å². The van der Waals surface area contributed by atoms with Crippen LogP contribution < -0.4 is 15.2 Å². The molecule has 0 atom stereocenters. The van der Waals surface area contributed by atoms with E-state index in [2.05, 4.69) is 0 Å². The van der Waals surface area contributed by atoms with Gasteiger partial charge in [0.25, 0.3) is 0 Å². The van der Waals surface area contributed by atoms with E-state index in [-0.39, 0.29) is 13.0 Å². The number of carbonyl (C=O) groups excluding carboxylic acids is 1. The van der Waals surface area contributed by atoms with Crippen molar-refractivity contribution in [3.63, 3.8) is 0 Å². The molecular weight excluding hydrogens is 234 g/mol. The van der Waals surface area contributed by atoms with Crippen molar-refractivity contribution in [2.75, 3.05) is 14.2 Å². The van der Waals surface area contributed by atoms with Crippen molar-refractivity contribution in [2.24, 2.45) is 5.73 Å². The molecule has 0 aromatic heterocycles. The van der Waals surface area contributed by atoms with Crippen LogP contribution in [0.15, 0.2) is 18.2 Å². The largest absolute Gasteiger partial charge is 0.496 e. The van der Waals surface area contributed by atoms with Crippen LogP contribution >= 0.6 is 0 Å². The van der Waals surface area contributed by atoms with E-state index in [9.17, 15) is 4.79 Å². The van der Waals surface area contributed by atoms with Gasteiger partial charge in [-0.1, -0.05) is 12.2 Å². The molecule has 0 bridgehead atoms. The van der Waals surface area contributed by atoms with Gasteiger partial charge in [-0.3, -0.25) is 4.79 Å². The van der Waals surface area contributed by atoms with E-state index in [0.717, 1.165) is 0 Å². The Labute approximate surface area is 106 Å². The predicted molar refractivity (Wildman–Crippen MR) is 68.3 cm³/mol. The topological polar surface area (TPSA) is 81.8 Å². The second-order valence-corrected chi connectivity index (χ2v) is 3.64. The molecule has 18 heavy (non-hydrogen) atoms. The van der Waals surface area contributed by atoms with Crippen LogP contribution in [0.4, 0.5) is 0 Å². The molecule has 0 aliphatic rings. The lowest BCUT2D eigenvalue weighted by atomic mass is 10.1. The highest BCUT2D eigenvalue weighted by Crippen LogP contribution is 2.31. The summed E-state index contributed by atoms with van der Waals surface area (Å²) in [6, 6.07) is 3.43. The number of carbonyl (C=O) groups is 1. The lowest BCUT2D eigenvalue weighted by Crippen LogP contribution is -2.08. The van der Waals surface area contributed by atoms with Crippen LogP contribution in [0.25, 0.3) is 6.08 Å². The van der Waals surface area contributed by atoms with Crippen molar-refractivity contribution in [2.45, 2.75) is 13.0 Å². The molecule has 5 nitrogen and oxygen atoms in total. The van der Waals surface area contributed by atoms with Gasteiger partial charge in [0, 0.05) is 6.42 Å². The summed E-state index contributed by atoms with van der Waals surface area (Å²) < 4.78 is 10.5. The minimum atomic E-state index is -0.406. The Morgan fingerprint density at radius 2 is 1.89 bits per heavy atom. The van der Waals surface area contributed by atoms with Crippen molar-refractivity contribution < 1.29 is 19.4 Å². The quantitative estimate of drug-likeness (QED) is 0.792. The van der Waals surface area contributed by atoms with E-state index in [0.29, 0.717) is 22.6 Å². The Hall–Kier alpha value is -2.01. The lowest BCUT2D eigenvalue weighted by molar-refractivity contribution is -0.117. The number of primary amides is 1. The number of rotatable bonds is 6. The molecule has 0 aliphatic carbocycles. The minimum absolute atomic E-state index is 0.0992. The third kappa shape index (κ3) is 3.49. The number of hydrogen-bond donors (Lipinski definition) is 2. The summed E-state index contributed by atoms with van der Waals surface area (Å²) in [5.41, 5.74) is 6.46. The molecule has 0 saturated heterocycles. The number of hydrogen-bond acceptors (Lipinski definition) is 4. The molecule has 0 aliphatic heterocycles. The molecule has 1 amide bonds. The molecule has 5 heteroatoms. The van der Waals surface area contributed by atoms with Gasteiger partial charge < -0.3 is 20.3 Å². The van der Waals surface area contributed by atoms with Crippen LogP contribution in [0.1, 0.15) is 17.5 Å². The molecule has 0 spiro atoms. The summed E-state index contributed by atoms with van der Waals surface area (Å²) in [7, 11) is 3.06. The van der Waals surface area contributed by atoms with E-state index < -0.39 is 5.91 Å². The Morgan fingerprint density at radius 3 is 2.28 bits per heavy atom. The average Bonchev–Trinajstić information content (AvgIpc) is 2.37. The van der Waals surface area contributed by atoms with Gasteiger partial charge in [-0.05, 0) is 17.7 Å². The van der Waals surface area contributed by atoms with Gasteiger partial charge in [0.15, 0.2) is 0 Å². The van der Waals surface area contributed by atoms with Gasteiger partial charge >= 0.3 is 0 Å². The molecule has 1 aromatic rings. The maximum Gasteiger partial charge on any atom is 0.221 e.